The summed E-state index contributed by atoms with van der Waals surface area (Å²) in [6.07, 6.45) is 3.58. The van der Waals surface area contributed by atoms with Crippen LogP contribution in [0.4, 0.5) is 0 Å². The molecule has 0 saturated carbocycles. The summed E-state index contributed by atoms with van der Waals surface area (Å²) in [5.74, 6) is 0.757. The van der Waals surface area contributed by atoms with Gasteiger partial charge in [0.1, 0.15) is 5.75 Å². The number of methoxy groups -OCH3 is 1. The lowest BCUT2D eigenvalue weighted by Crippen LogP contribution is -2.28. The molecule has 148 valence electrons. The lowest BCUT2D eigenvalue weighted by molar-refractivity contribution is -0.116. The second kappa shape index (κ2) is 7.56. The SMILES string of the molecule is COc1ccc(Cn2c3c(c4ccccc42)C=CC(=O)NC3c2ccccc2)cc1. The number of nitrogens with one attached hydrogen (secondary N) is 1. The number of benzene rings is 3. The van der Waals surface area contributed by atoms with E-state index in [0.717, 1.165) is 33.5 Å². The van der Waals surface area contributed by atoms with Gasteiger partial charge in [-0.25, -0.2) is 0 Å². The minimum absolute atomic E-state index is 0.0832. The van der Waals surface area contributed by atoms with E-state index in [-0.39, 0.29) is 11.9 Å². The van der Waals surface area contributed by atoms with Gasteiger partial charge in [-0.3, -0.25) is 4.79 Å². The Labute approximate surface area is 175 Å². The van der Waals surface area contributed by atoms with Crippen molar-refractivity contribution in [1.82, 2.24) is 9.88 Å². The van der Waals surface area contributed by atoms with Crippen molar-refractivity contribution in [3.8, 4) is 5.75 Å². The van der Waals surface area contributed by atoms with Crippen LogP contribution in [0.3, 0.4) is 0 Å². The van der Waals surface area contributed by atoms with Crippen LogP contribution in [-0.4, -0.2) is 17.6 Å². The molecular weight excluding hydrogens is 372 g/mol. The monoisotopic (exact) mass is 394 g/mol. The van der Waals surface area contributed by atoms with E-state index in [1.54, 1.807) is 13.2 Å². The molecule has 1 N–H and O–H groups in total. The first-order chi connectivity index (χ1) is 14.7. The molecule has 0 spiro atoms. The van der Waals surface area contributed by atoms with Gasteiger partial charge in [0, 0.05) is 29.1 Å². The predicted molar refractivity (Wildman–Crippen MR) is 119 cm³/mol. The molecule has 4 heteroatoms. The maximum atomic E-state index is 12.5. The largest absolute Gasteiger partial charge is 0.497 e. The lowest BCUT2D eigenvalue weighted by Gasteiger charge is -2.22. The molecule has 0 fully saturated rings. The van der Waals surface area contributed by atoms with Gasteiger partial charge in [-0.2, -0.15) is 0 Å². The van der Waals surface area contributed by atoms with E-state index in [1.165, 1.54) is 5.56 Å². The highest BCUT2D eigenvalue weighted by molar-refractivity contribution is 5.99. The molecule has 30 heavy (non-hydrogen) atoms. The van der Waals surface area contributed by atoms with Gasteiger partial charge in [-0.1, -0.05) is 60.7 Å². The summed E-state index contributed by atoms with van der Waals surface area (Å²) in [5, 5.41) is 4.34. The van der Waals surface area contributed by atoms with Gasteiger partial charge in [0.05, 0.1) is 18.8 Å². The second-order valence-electron chi connectivity index (χ2n) is 7.44. The van der Waals surface area contributed by atoms with Gasteiger partial charge in [0.25, 0.3) is 0 Å². The lowest BCUT2D eigenvalue weighted by atomic mass is 10.00. The van der Waals surface area contributed by atoms with Crippen molar-refractivity contribution >= 4 is 22.9 Å². The molecule has 0 saturated heterocycles. The Morgan fingerprint density at radius 2 is 1.63 bits per heavy atom. The molecule has 3 aromatic carbocycles. The molecule has 1 amide bonds. The van der Waals surface area contributed by atoms with Gasteiger partial charge >= 0.3 is 0 Å². The van der Waals surface area contributed by atoms with E-state index in [1.807, 2.05) is 42.5 Å². The predicted octanol–water partition coefficient (Wildman–Crippen LogP) is 4.93. The Bertz CT molecular complexity index is 1240. The summed E-state index contributed by atoms with van der Waals surface area (Å²) in [6.45, 7) is 0.701. The number of rotatable bonds is 4. The number of nitrogens with zero attached hydrogens (tertiary/aromatic N) is 1. The number of ether oxygens (including phenoxy) is 1. The van der Waals surface area contributed by atoms with Gasteiger partial charge in [-0.05, 0) is 35.4 Å². The van der Waals surface area contributed by atoms with E-state index in [9.17, 15) is 4.79 Å². The highest BCUT2D eigenvalue weighted by Gasteiger charge is 2.27. The Hall–Kier alpha value is -3.79. The number of carbonyl (C=O) groups excluding carboxylic acids is 1. The van der Waals surface area contributed by atoms with E-state index in [0.29, 0.717) is 6.54 Å². The molecule has 1 aromatic heterocycles. The molecule has 2 heterocycles. The number of hydrogen-bond acceptors (Lipinski definition) is 2. The highest BCUT2D eigenvalue weighted by Crippen LogP contribution is 2.36. The summed E-state index contributed by atoms with van der Waals surface area (Å²) in [6, 6.07) is 26.4. The number of para-hydroxylation sites is 1. The van der Waals surface area contributed by atoms with Crippen LogP contribution in [0.1, 0.15) is 28.4 Å². The fourth-order valence-electron chi connectivity index (χ4n) is 4.22. The smallest absolute Gasteiger partial charge is 0.244 e. The summed E-state index contributed by atoms with van der Waals surface area (Å²) < 4.78 is 7.62. The third-order valence-electron chi connectivity index (χ3n) is 5.65. The van der Waals surface area contributed by atoms with Crippen LogP contribution in [0.25, 0.3) is 17.0 Å². The van der Waals surface area contributed by atoms with Crippen molar-refractivity contribution in [2.24, 2.45) is 0 Å². The number of aromatic nitrogens is 1. The van der Waals surface area contributed by atoms with E-state index >= 15 is 0 Å². The van der Waals surface area contributed by atoms with E-state index in [2.05, 4.69) is 52.3 Å². The number of fused-ring (bicyclic) bond motifs is 3. The van der Waals surface area contributed by atoms with Gasteiger partial charge < -0.3 is 14.6 Å². The molecule has 4 aromatic rings. The van der Waals surface area contributed by atoms with Crippen molar-refractivity contribution in [2.45, 2.75) is 12.6 Å². The summed E-state index contributed by atoms with van der Waals surface area (Å²) in [5.41, 5.74) is 5.58. The van der Waals surface area contributed by atoms with Crippen LogP contribution in [-0.2, 0) is 11.3 Å². The van der Waals surface area contributed by atoms with Crippen LogP contribution in [0.2, 0.25) is 0 Å². The number of carbonyl (C=O) groups is 1. The second-order valence-corrected chi connectivity index (χ2v) is 7.44. The third-order valence-corrected chi connectivity index (χ3v) is 5.65. The molecule has 1 unspecified atom stereocenters. The van der Waals surface area contributed by atoms with Gasteiger partial charge in [0.15, 0.2) is 0 Å². The normalized spacial score (nSPS) is 15.5. The fourth-order valence-corrected chi connectivity index (χ4v) is 4.22. The zero-order chi connectivity index (χ0) is 20.5. The van der Waals surface area contributed by atoms with E-state index < -0.39 is 0 Å². The van der Waals surface area contributed by atoms with Gasteiger partial charge in [0.2, 0.25) is 5.91 Å². The molecule has 0 bridgehead atoms. The number of hydrogen-bond donors (Lipinski definition) is 1. The Kier molecular flexibility index (Phi) is 4.60. The summed E-state index contributed by atoms with van der Waals surface area (Å²) >= 11 is 0. The fraction of sp³-hybridized carbons (Fsp3) is 0.115. The molecule has 1 aliphatic heterocycles. The zero-order valence-corrected chi connectivity index (χ0v) is 16.7. The van der Waals surface area contributed by atoms with Crippen LogP contribution in [0.15, 0.2) is 84.9 Å². The first-order valence-electron chi connectivity index (χ1n) is 10.0. The highest BCUT2D eigenvalue weighted by atomic mass is 16.5. The minimum atomic E-state index is -0.227. The summed E-state index contributed by atoms with van der Waals surface area (Å²) in [4.78, 5) is 12.5. The molecule has 4 nitrogen and oxygen atoms in total. The van der Waals surface area contributed by atoms with Crippen molar-refractivity contribution in [1.29, 1.82) is 0 Å². The van der Waals surface area contributed by atoms with Crippen molar-refractivity contribution in [2.75, 3.05) is 7.11 Å². The van der Waals surface area contributed by atoms with Crippen LogP contribution in [0.5, 0.6) is 5.75 Å². The average molecular weight is 394 g/mol. The quantitative estimate of drug-likeness (QED) is 0.533. The number of amides is 1. The van der Waals surface area contributed by atoms with Crippen LogP contribution >= 0.6 is 0 Å². The minimum Gasteiger partial charge on any atom is -0.497 e. The standard InChI is InChI=1S/C26H22N2O2/c1-30-20-13-11-18(12-14-20)17-28-23-10-6-5-9-21(23)22-15-16-24(29)27-25(26(22)28)19-7-3-2-4-8-19/h2-16,25H,17H2,1H3,(H,27,29). The Morgan fingerprint density at radius 3 is 2.40 bits per heavy atom. The first kappa shape index (κ1) is 18.3. The van der Waals surface area contributed by atoms with E-state index in [4.69, 9.17) is 4.74 Å². The maximum Gasteiger partial charge on any atom is 0.244 e. The Morgan fingerprint density at radius 1 is 0.900 bits per heavy atom. The molecule has 0 radical (unpaired) electrons. The molecule has 1 atom stereocenters. The summed E-state index contributed by atoms with van der Waals surface area (Å²) in [7, 11) is 1.67. The molecular formula is C26H22N2O2. The Balaban J connectivity index is 1.72. The van der Waals surface area contributed by atoms with Gasteiger partial charge in [-0.15, -0.1) is 0 Å². The third kappa shape index (κ3) is 3.16. The van der Waals surface area contributed by atoms with Crippen molar-refractivity contribution in [3.05, 3.63) is 107 Å². The topological polar surface area (TPSA) is 43.3 Å². The van der Waals surface area contributed by atoms with Crippen molar-refractivity contribution < 1.29 is 9.53 Å². The zero-order valence-electron chi connectivity index (χ0n) is 16.7. The molecule has 5 rings (SSSR count). The van der Waals surface area contributed by atoms with Crippen molar-refractivity contribution in [3.63, 3.8) is 0 Å². The molecule has 1 aliphatic rings. The maximum absolute atomic E-state index is 12.5. The average Bonchev–Trinajstić information content (AvgIpc) is 2.98. The van der Waals surface area contributed by atoms with Crippen LogP contribution < -0.4 is 10.1 Å². The first-order valence-corrected chi connectivity index (χ1v) is 10.0. The molecule has 0 aliphatic carbocycles. The van der Waals surface area contributed by atoms with Crippen LogP contribution in [0, 0.1) is 0 Å².